The van der Waals surface area contributed by atoms with Gasteiger partial charge >= 0.3 is 5.97 Å². The highest BCUT2D eigenvalue weighted by molar-refractivity contribution is 9.10. The van der Waals surface area contributed by atoms with Gasteiger partial charge in [0.05, 0.1) is 11.7 Å². The lowest BCUT2D eigenvalue weighted by Crippen LogP contribution is -2.36. The Morgan fingerprint density at radius 1 is 1.03 bits per heavy atom. The Kier molecular flexibility index (Phi) is 6.15. The Labute approximate surface area is 191 Å². The molecule has 5 heteroatoms. The minimum Gasteiger partial charge on any atom is -0.460 e. The van der Waals surface area contributed by atoms with Crippen LogP contribution in [-0.2, 0) is 14.3 Å². The second-order valence-corrected chi connectivity index (χ2v) is 9.35. The zero-order chi connectivity index (χ0) is 22.1. The van der Waals surface area contributed by atoms with Crippen molar-refractivity contribution in [3.8, 4) is 0 Å². The number of hydrogen-bond acceptors (Lipinski definition) is 4. The zero-order valence-corrected chi connectivity index (χ0v) is 19.5. The third-order valence-corrected chi connectivity index (χ3v) is 6.39. The summed E-state index contributed by atoms with van der Waals surface area (Å²) in [6.45, 7) is 5.56. The summed E-state index contributed by atoms with van der Waals surface area (Å²) in [4.78, 5) is 26.6. The molecule has 1 heterocycles. The van der Waals surface area contributed by atoms with Crippen LogP contribution >= 0.6 is 15.9 Å². The summed E-state index contributed by atoms with van der Waals surface area (Å²) in [7, 11) is 0. The Hall–Kier alpha value is -2.66. The first-order valence-corrected chi connectivity index (χ1v) is 11.4. The monoisotopic (exact) mass is 479 g/mol. The first-order chi connectivity index (χ1) is 14.8. The smallest absolute Gasteiger partial charge is 0.337 e. The molecule has 0 saturated heterocycles. The van der Waals surface area contributed by atoms with Gasteiger partial charge in [-0.25, -0.2) is 4.79 Å². The molecule has 0 unspecified atom stereocenters. The van der Waals surface area contributed by atoms with Crippen molar-refractivity contribution < 1.29 is 14.3 Å². The van der Waals surface area contributed by atoms with Gasteiger partial charge in [0, 0.05) is 33.8 Å². The topological polar surface area (TPSA) is 55.4 Å². The van der Waals surface area contributed by atoms with Gasteiger partial charge in [0.1, 0.15) is 0 Å². The van der Waals surface area contributed by atoms with E-state index in [0.717, 1.165) is 33.4 Å². The quantitative estimate of drug-likeness (QED) is 0.566. The van der Waals surface area contributed by atoms with Crippen LogP contribution in [0.25, 0.3) is 0 Å². The molecule has 4 rings (SSSR count). The number of dihydropyridines is 1. The number of allylic oxidation sites excluding steroid dienone is 3. The number of hydrogen-bond donors (Lipinski definition) is 1. The molecule has 1 N–H and O–H groups in total. The van der Waals surface area contributed by atoms with Crippen molar-refractivity contribution in [1.29, 1.82) is 0 Å². The molecule has 4 nitrogen and oxygen atoms in total. The molecule has 160 valence electrons. The van der Waals surface area contributed by atoms with E-state index >= 15 is 0 Å². The average Bonchev–Trinajstić information content (AvgIpc) is 2.73. The van der Waals surface area contributed by atoms with Crippen molar-refractivity contribution in [2.45, 2.75) is 51.6 Å². The lowest BCUT2D eigenvalue weighted by atomic mass is 9.72. The lowest BCUT2D eigenvalue weighted by Gasteiger charge is -2.37. The number of ether oxygens (including phenoxy) is 1. The molecule has 2 aromatic carbocycles. The van der Waals surface area contributed by atoms with Crippen LogP contribution in [0.3, 0.4) is 0 Å². The van der Waals surface area contributed by atoms with Gasteiger partial charge in [0.25, 0.3) is 0 Å². The second-order valence-electron chi connectivity index (χ2n) is 8.43. The molecule has 0 spiro atoms. The Morgan fingerprint density at radius 2 is 1.71 bits per heavy atom. The highest BCUT2D eigenvalue weighted by Crippen LogP contribution is 2.45. The van der Waals surface area contributed by atoms with E-state index in [0.29, 0.717) is 17.6 Å². The number of halogens is 1. The second kappa shape index (κ2) is 8.83. The number of ketones is 1. The van der Waals surface area contributed by atoms with E-state index in [2.05, 4.69) is 33.4 Å². The van der Waals surface area contributed by atoms with Crippen LogP contribution in [0, 0.1) is 0 Å². The first-order valence-electron chi connectivity index (χ1n) is 10.6. The van der Waals surface area contributed by atoms with Gasteiger partial charge in [0.2, 0.25) is 0 Å². The number of carbonyl (C=O) groups excluding carboxylic acids is 2. The number of Topliss-reactive ketones (excluding diaryl/α,β-unsaturated/α-hetero) is 1. The number of esters is 1. The SMILES string of the molecule is CC1=C(C(=O)OC(C)C)[C@H](c2ccc(Br)cc2)C2=C(C[C@H](c3ccccc3)CC2=O)N1. The van der Waals surface area contributed by atoms with Gasteiger partial charge in [-0.1, -0.05) is 58.4 Å². The van der Waals surface area contributed by atoms with Crippen molar-refractivity contribution in [2.24, 2.45) is 0 Å². The van der Waals surface area contributed by atoms with E-state index < -0.39 is 5.92 Å². The molecule has 1 aliphatic carbocycles. The molecule has 31 heavy (non-hydrogen) atoms. The van der Waals surface area contributed by atoms with E-state index in [1.807, 2.05) is 63.2 Å². The number of carbonyl (C=O) groups is 2. The first kappa shape index (κ1) is 21.6. The molecule has 0 fully saturated rings. The highest BCUT2D eigenvalue weighted by atomic mass is 79.9. The molecular weight excluding hydrogens is 454 g/mol. The molecule has 0 saturated carbocycles. The Balaban J connectivity index is 1.79. The third-order valence-electron chi connectivity index (χ3n) is 5.86. The summed E-state index contributed by atoms with van der Waals surface area (Å²) in [5.74, 6) is -0.599. The van der Waals surface area contributed by atoms with E-state index in [4.69, 9.17) is 4.74 Å². The van der Waals surface area contributed by atoms with Crippen LogP contribution in [0.2, 0.25) is 0 Å². The largest absolute Gasteiger partial charge is 0.460 e. The molecule has 2 aliphatic rings. The molecule has 0 amide bonds. The maximum absolute atomic E-state index is 13.5. The summed E-state index contributed by atoms with van der Waals surface area (Å²) in [5, 5.41) is 3.39. The average molecular weight is 480 g/mol. The van der Waals surface area contributed by atoms with E-state index in [1.165, 1.54) is 0 Å². The van der Waals surface area contributed by atoms with Crippen molar-refractivity contribution in [3.63, 3.8) is 0 Å². The molecule has 0 aromatic heterocycles. The van der Waals surface area contributed by atoms with Gasteiger partial charge < -0.3 is 10.1 Å². The van der Waals surface area contributed by atoms with Crippen LogP contribution in [0.15, 0.2) is 81.6 Å². The summed E-state index contributed by atoms with van der Waals surface area (Å²) in [6, 6.07) is 18.0. The van der Waals surface area contributed by atoms with Gasteiger partial charge in [-0.2, -0.15) is 0 Å². The fraction of sp³-hybridized carbons (Fsp3) is 0.308. The number of benzene rings is 2. The third kappa shape index (κ3) is 4.38. The van der Waals surface area contributed by atoms with Crippen molar-refractivity contribution >= 4 is 27.7 Å². The van der Waals surface area contributed by atoms with E-state index in [9.17, 15) is 9.59 Å². The minimum absolute atomic E-state index is 0.0814. The van der Waals surface area contributed by atoms with Crippen molar-refractivity contribution in [1.82, 2.24) is 5.32 Å². The predicted octanol–water partition coefficient (Wildman–Crippen LogP) is 5.76. The van der Waals surface area contributed by atoms with Gasteiger partial charge in [-0.05, 0) is 56.4 Å². The molecular formula is C26H26BrNO3. The van der Waals surface area contributed by atoms with Gasteiger partial charge in [-0.3, -0.25) is 4.79 Å². The molecule has 1 aliphatic heterocycles. The van der Waals surface area contributed by atoms with E-state index in [-0.39, 0.29) is 23.8 Å². The van der Waals surface area contributed by atoms with Crippen LogP contribution in [0.5, 0.6) is 0 Å². The molecule has 0 radical (unpaired) electrons. The number of rotatable bonds is 4. The standard InChI is InChI=1S/C26H26BrNO3/c1-15(2)31-26(30)23-16(3)28-21-13-19(17-7-5-4-6-8-17)14-22(29)25(21)24(23)18-9-11-20(27)12-10-18/h4-12,15,19,24,28H,13-14H2,1-3H3/t19-,24-/m0/s1. The van der Waals surface area contributed by atoms with E-state index in [1.54, 1.807) is 0 Å². The minimum atomic E-state index is -0.431. The van der Waals surface area contributed by atoms with Crippen molar-refractivity contribution in [3.05, 3.63) is 92.7 Å². The maximum Gasteiger partial charge on any atom is 0.337 e. The predicted molar refractivity (Wildman–Crippen MR) is 124 cm³/mol. The van der Waals surface area contributed by atoms with Crippen LogP contribution in [-0.4, -0.2) is 17.9 Å². The van der Waals surface area contributed by atoms with Crippen LogP contribution in [0.4, 0.5) is 0 Å². The summed E-state index contributed by atoms with van der Waals surface area (Å²) in [6.07, 6.45) is 0.934. The molecule has 2 atom stereocenters. The lowest BCUT2D eigenvalue weighted by molar-refractivity contribution is -0.143. The molecule has 0 bridgehead atoms. The Bertz CT molecular complexity index is 1070. The highest BCUT2D eigenvalue weighted by Gasteiger charge is 2.41. The van der Waals surface area contributed by atoms with Gasteiger partial charge in [-0.15, -0.1) is 0 Å². The van der Waals surface area contributed by atoms with Crippen LogP contribution in [0.1, 0.15) is 56.6 Å². The van der Waals surface area contributed by atoms with Gasteiger partial charge in [0.15, 0.2) is 5.78 Å². The fourth-order valence-corrected chi connectivity index (χ4v) is 4.80. The maximum atomic E-state index is 13.5. The normalized spacial score (nSPS) is 21.1. The fourth-order valence-electron chi connectivity index (χ4n) is 4.54. The summed E-state index contributed by atoms with van der Waals surface area (Å²) in [5.41, 5.74) is 4.95. The zero-order valence-electron chi connectivity index (χ0n) is 17.9. The summed E-state index contributed by atoms with van der Waals surface area (Å²) < 4.78 is 6.51. The van der Waals surface area contributed by atoms with Crippen molar-refractivity contribution in [2.75, 3.05) is 0 Å². The number of nitrogens with one attached hydrogen (secondary N) is 1. The molecule has 2 aromatic rings. The Morgan fingerprint density at radius 3 is 2.35 bits per heavy atom. The summed E-state index contributed by atoms with van der Waals surface area (Å²) >= 11 is 3.48. The van der Waals surface area contributed by atoms with Crippen LogP contribution < -0.4 is 5.32 Å².